The van der Waals surface area contributed by atoms with Crippen molar-refractivity contribution in [3.8, 4) is 6.07 Å². The zero-order chi connectivity index (χ0) is 12.5. The third-order valence-corrected chi connectivity index (χ3v) is 4.05. The number of aliphatic hydroxyl groups is 1. The normalized spacial score (nSPS) is 14.0. The molecule has 0 spiro atoms. The van der Waals surface area contributed by atoms with E-state index in [-0.39, 0.29) is 0 Å². The average Bonchev–Trinajstić information content (AvgIpc) is 2.76. The number of halogens is 1. The molecule has 0 saturated heterocycles. The molecule has 1 unspecified atom stereocenters. The highest BCUT2D eigenvalue weighted by Gasteiger charge is 2.27. The van der Waals surface area contributed by atoms with Gasteiger partial charge in [-0.15, -0.1) is 11.3 Å². The number of rotatable bonds is 2. The second-order valence-corrected chi connectivity index (χ2v) is 5.58. The van der Waals surface area contributed by atoms with Gasteiger partial charge in [-0.3, -0.25) is 0 Å². The molecule has 0 amide bonds. The molecule has 0 aliphatic carbocycles. The fraction of sp³-hybridized carbons (Fsp3) is 0.154. The van der Waals surface area contributed by atoms with E-state index in [2.05, 4.69) is 6.07 Å². The summed E-state index contributed by atoms with van der Waals surface area (Å²) in [4.78, 5) is 0.762. The minimum absolute atomic E-state index is 0.533. The van der Waals surface area contributed by atoms with Crippen molar-refractivity contribution in [2.24, 2.45) is 0 Å². The van der Waals surface area contributed by atoms with Gasteiger partial charge in [-0.1, -0.05) is 23.7 Å². The van der Waals surface area contributed by atoms with Gasteiger partial charge in [0.1, 0.15) is 5.60 Å². The molecule has 0 aliphatic rings. The zero-order valence-electron chi connectivity index (χ0n) is 9.14. The van der Waals surface area contributed by atoms with Crippen LogP contribution in [0.5, 0.6) is 0 Å². The van der Waals surface area contributed by atoms with E-state index in [1.54, 1.807) is 43.3 Å². The Kier molecular flexibility index (Phi) is 3.21. The molecule has 1 aromatic heterocycles. The second-order valence-electron chi connectivity index (χ2n) is 3.87. The van der Waals surface area contributed by atoms with Crippen LogP contribution in [-0.4, -0.2) is 5.11 Å². The van der Waals surface area contributed by atoms with E-state index in [9.17, 15) is 5.11 Å². The Labute approximate surface area is 109 Å². The Balaban J connectivity index is 2.47. The van der Waals surface area contributed by atoms with Gasteiger partial charge in [0.15, 0.2) is 0 Å². The molecular weight excluding hydrogens is 254 g/mol. The quantitative estimate of drug-likeness (QED) is 0.901. The Hall–Kier alpha value is -1.34. The lowest BCUT2D eigenvalue weighted by Crippen LogP contribution is -2.21. The summed E-state index contributed by atoms with van der Waals surface area (Å²) in [6.07, 6.45) is 0. The maximum Gasteiger partial charge on any atom is 0.121 e. The standard InChI is InChI=1S/C13H10ClNOS/c1-13(16,11-5-6-12(14)17-11)10-4-2-3-9(7-10)8-15/h2-7,16H,1H3. The summed E-state index contributed by atoms with van der Waals surface area (Å²) in [5, 5.41) is 19.4. The molecule has 1 aromatic carbocycles. The van der Waals surface area contributed by atoms with Gasteiger partial charge in [-0.2, -0.15) is 5.26 Å². The van der Waals surface area contributed by atoms with E-state index in [4.69, 9.17) is 16.9 Å². The summed E-state index contributed by atoms with van der Waals surface area (Å²) in [7, 11) is 0. The highest BCUT2D eigenvalue weighted by Crippen LogP contribution is 2.35. The minimum Gasteiger partial charge on any atom is -0.380 e. The van der Waals surface area contributed by atoms with Crippen molar-refractivity contribution in [3.63, 3.8) is 0 Å². The highest BCUT2D eigenvalue weighted by atomic mass is 35.5. The SMILES string of the molecule is CC(O)(c1cccc(C#N)c1)c1ccc(Cl)s1. The van der Waals surface area contributed by atoms with Gasteiger partial charge in [0, 0.05) is 4.88 Å². The van der Waals surface area contributed by atoms with Gasteiger partial charge in [0.2, 0.25) is 0 Å². The molecular formula is C13H10ClNOS. The van der Waals surface area contributed by atoms with Gasteiger partial charge in [0.05, 0.1) is 16.0 Å². The number of nitriles is 1. The molecule has 2 aromatic rings. The molecule has 0 saturated carbocycles. The monoisotopic (exact) mass is 263 g/mol. The van der Waals surface area contributed by atoms with Gasteiger partial charge in [-0.05, 0) is 36.8 Å². The van der Waals surface area contributed by atoms with Crippen molar-refractivity contribution in [2.75, 3.05) is 0 Å². The maximum absolute atomic E-state index is 10.5. The van der Waals surface area contributed by atoms with Crippen LogP contribution in [0, 0.1) is 11.3 Å². The molecule has 0 radical (unpaired) electrons. The number of hydrogen-bond acceptors (Lipinski definition) is 3. The van der Waals surface area contributed by atoms with Crippen molar-refractivity contribution in [3.05, 3.63) is 56.7 Å². The van der Waals surface area contributed by atoms with Crippen LogP contribution in [0.3, 0.4) is 0 Å². The topological polar surface area (TPSA) is 44.0 Å². The Bertz CT molecular complexity index is 583. The molecule has 1 heterocycles. The van der Waals surface area contributed by atoms with E-state index < -0.39 is 5.60 Å². The molecule has 86 valence electrons. The lowest BCUT2D eigenvalue weighted by Gasteiger charge is -2.22. The summed E-state index contributed by atoms with van der Waals surface area (Å²) in [5.41, 5.74) is 0.102. The summed E-state index contributed by atoms with van der Waals surface area (Å²) >= 11 is 7.20. The molecule has 0 bridgehead atoms. The molecule has 17 heavy (non-hydrogen) atoms. The van der Waals surface area contributed by atoms with Gasteiger partial charge in [-0.25, -0.2) is 0 Å². The first-order chi connectivity index (χ1) is 8.04. The molecule has 0 aliphatic heterocycles. The number of benzene rings is 1. The Morgan fingerprint density at radius 1 is 1.35 bits per heavy atom. The van der Waals surface area contributed by atoms with Crippen LogP contribution in [-0.2, 0) is 5.60 Å². The van der Waals surface area contributed by atoms with E-state index in [1.807, 2.05) is 0 Å². The van der Waals surface area contributed by atoms with Crippen molar-refractivity contribution in [1.82, 2.24) is 0 Å². The molecule has 1 atom stereocenters. The number of thiophene rings is 1. The summed E-state index contributed by atoms with van der Waals surface area (Å²) in [6.45, 7) is 1.70. The van der Waals surface area contributed by atoms with Crippen molar-refractivity contribution >= 4 is 22.9 Å². The third-order valence-electron chi connectivity index (χ3n) is 2.61. The first kappa shape index (κ1) is 12.1. The number of nitrogens with zero attached hydrogens (tertiary/aromatic N) is 1. The van der Waals surface area contributed by atoms with Crippen molar-refractivity contribution in [1.29, 1.82) is 5.26 Å². The molecule has 2 nitrogen and oxygen atoms in total. The molecule has 0 fully saturated rings. The number of hydrogen-bond donors (Lipinski definition) is 1. The van der Waals surface area contributed by atoms with E-state index in [0.29, 0.717) is 15.5 Å². The largest absolute Gasteiger partial charge is 0.380 e. The van der Waals surface area contributed by atoms with Gasteiger partial charge < -0.3 is 5.11 Å². The first-order valence-electron chi connectivity index (χ1n) is 5.03. The zero-order valence-corrected chi connectivity index (χ0v) is 10.7. The van der Waals surface area contributed by atoms with Crippen LogP contribution in [0.2, 0.25) is 4.34 Å². The van der Waals surface area contributed by atoms with Crippen molar-refractivity contribution < 1.29 is 5.11 Å². The predicted molar refractivity (Wildman–Crippen MR) is 69.2 cm³/mol. The molecule has 4 heteroatoms. The van der Waals surface area contributed by atoms with E-state index >= 15 is 0 Å². The van der Waals surface area contributed by atoms with E-state index in [0.717, 1.165) is 4.88 Å². The molecule has 1 N–H and O–H groups in total. The van der Waals surface area contributed by atoms with Crippen LogP contribution in [0.1, 0.15) is 22.9 Å². The molecule has 2 rings (SSSR count). The lowest BCUT2D eigenvalue weighted by molar-refractivity contribution is 0.106. The first-order valence-corrected chi connectivity index (χ1v) is 6.22. The summed E-state index contributed by atoms with van der Waals surface area (Å²) < 4.78 is 0.636. The second kappa shape index (κ2) is 4.50. The fourth-order valence-electron chi connectivity index (χ4n) is 1.61. The minimum atomic E-state index is -1.12. The smallest absolute Gasteiger partial charge is 0.121 e. The van der Waals surface area contributed by atoms with Crippen LogP contribution in [0.15, 0.2) is 36.4 Å². The van der Waals surface area contributed by atoms with Gasteiger partial charge >= 0.3 is 0 Å². The van der Waals surface area contributed by atoms with Crippen LogP contribution >= 0.6 is 22.9 Å². The van der Waals surface area contributed by atoms with Crippen molar-refractivity contribution in [2.45, 2.75) is 12.5 Å². The Morgan fingerprint density at radius 3 is 2.71 bits per heavy atom. The third kappa shape index (κ3) is 2.34. The predicted octanol–water partition coefficient (Wildman–Crippen LogP) is 3.53. The summed E-state index contributed by atoms with van der Waals surface area (Å²) in [5.74, 6) is 0. The summed E-state index contributed by atoms with van der Waals surface area (Å²) in [6, 6.07) is 12.6. The average molecular weight is 264 g/mol. The van der Waals surface area contributed by atoms with E-state index in [1.165, 1.54) is 11.3 Å². The fourth-order valence-corrected chi connectivity index (χ4v) is 2.72. The Morgan fingerprint density at radius 2 is 2.12 bits per heavy atom. The van der Waals surface area contributed by atoms with Crippen LogP contribution in [0.4, 0.5) is 0 Å². The highest BCUT2D eigenvalue weighted by molar-refractivity contribution is 7.16. The lowest BCUT2D eigenvalue weighted by atomic mass is 9.93. The maximum atomic E-state index is 10.5. The van der Waals surface area contributed by atoms with Crippen LogP contribution in [0.25, 0.3) is 0 Å². The van der Waals surface area contributed by atoms with Crippen LogP contribution < -0.4 is 0 Å². The van der Waals surface area contributed by atoms with Gasteiger partial charge in [0.25, 0.3) is 0 Å².